The van der Waals surface area contributed by atoms with Gasteiger partial charge in [-0.05, 0) is 23.8 Å². The summed E-state index contributed by atoms with van der Waals surface area (Å²) in [5.41, 5.74) is 0.564. The highest BCUT2D eigenvalue weighted by Crippen LogP contribution is 2.37. The number of aliphatic hydroxyl groups is 3. The Morgan fingerprint density at radius 1 is 1.18 bits per heavy atom. The van der Waals surface area contributed by atoms with E-state index in [1.165, 1.54) is 32.4 Å². The van der Waals surface area contributed by atoms with Gasteiger partial charge < -0.3 is 35.0 Å². The molecule has 0 radical (unpaired) electrons. The highest BCUT2D eigenvalue weighted by Gasteiger charge is 2.09. The molecular weight excluding hydrogens is 296 g/mol. The molecule has 0 aliphatic heterocycles. The second-order valence-corrected chi connectivity index (χ2v) is 3.96. The molecule has 0 unspecified atom stereocenters. The largest absolute Gasteiger partial charge is 0.502 e. The van der Waals surface area contributed by atoms with Crippen LogP contribution in [0.2, 0.25) is 0 Å². The summed E-state index contributed by atoms with van der Waals surface area (Å²) < 4.78 is 9.85. The van der Waals surface area contributed by atoms with E-state index >= 15 is 0 Å². The number of aromatic hydroxyl groups is 1. The van der Waals surface area contributed by atoms with Crippen molar-refractivity contribution in [3.63, 3.8) is 0 Å². The van der Waals surface area contributed by atoms with Crippen molar-refractivity contribution >= 4 is 12.0 Å². The van der Waals surface area contributed by atoms with Gasteiger partial charge in [0.2, 0.25) is 5.75 Å². The van der Waals surface area contributed by atoms with Crippen molar-refractivity contribution in [2.75, 3.05) is 27.4 Å². The van der Waals surface area contributed by atoms with Gasteiger partial charge in [0.15, 0.2) is 11.5 Å². The number of carbonyl (C=O) groups is 1. The lowest BCUT2D eigenvalue weighted by atomic mass is 10.1. The zero-order valence-electron chi connectivity index (χ0n) is 12.3. The maximum Gasteiger partial charge on any atom is 0.328 e. The summed E-state index contributed by atoms with van der Waals surface area (Å²) in [6, 6.07) is 3.02. The molecule has 0 bridgehead atoms. The maximum absolute atomic E-state index is 10.3. The summed E-state index contributed by atoms with van der Waals surface area (Å²) in [6.07, 6.45) is 1.42. The summed E-state index contributed by atoms with van der Waals surface area (Å²) >= 11 is 0. The maximum atomic E-state index is 10.3. The molecule has 0 aromatic heterocycles. The SMILES string of the molecule is COc1cc(/C=C/C(=O)O)cc(OC)c1O.OCC(O)CO. The molecule has 0 saturated carbocycles. The molecule has 22 heavy (non-hydrogen) atoms. The van der Waals surface area contributed by atoms with Crippen molar-refractivity contribution in [1.82, 2.24) is 0 Å². The van der Waals surface area contributed by atoms with Crippen LogP contribution in [0.15, 0.2) is 18.2 Å². The summed E-state index contributed by atoms with van der Waals surface area (Å²) in [5, 5.41) is 42.1. The minimum absolute atomic E-state index is 0.113. The Morgan fingerprint density at radius 3 is 1.91 bits per heavy atom. The Morgan fingerprint density at radius 2 is 1.64 bits per heavy atom. The monoisotopic (exact) mass is 316 g/mol. The molecule has 0 spiro atoms. The highest BCUT2D eigenvalue weighted by atomic mass is 16.5. The number of hydrogen-bond donors (Lipinski definition) is 5. The van der Waals surface area contributed by atoms with Crippen LogP contribution in [0.25, 0.3) is 6.08 Å². The van der Waals surface area contributed by atoms with Crippen molar-refractivity contribution in [2.24, 2.45) is 0 Å². The van der Waals surface area contributed by atoms with Gasteiger partial charge in [-0.3, -0.25) is 0 Å². The van der Waals surface area contributed by atoms with Gasteiger partial charge in [-0.15, -0.1) is 0 Å². The minimum Gasteiger partial charge on any atom is -0.502 e. The molecule has 124 valence electrons. The molecular formula is C14H20O8. The van der Waals surface area contributed by atoms with E-state index in [4.69, 9.17) is 29.9 Å². The van der Waals surface area contributed by atoms with Gasteiger partial charge in [-0.1, -0.05) is 0 Å². The second-order valence-electron chi connectivity index (χ2n) is 3.96. The van der Waals surface area contributed by atoms with E-state index in [0.29, 0.717) is 5.56 Å². The number of aliphatic hydroxyl groups excluding tert-OH is 3. The first kappa shape index (κ1) is 19.7. The van der Waals surface area contributed by atoms with Gasteiger partial charge in [0.1, 0.15) is 6.10 Å². The third-order valence-corrected chi connectivity index (χ3v) is 2.34. The molecule has 1 aromatic rings. The van der Waals surface area contributed by atoms with Crippen LogP contribution in [0, 0.1) is 0 Å². The Kier molecular flexibility index (Phi) is 9.35. The van der Waals surface area contributed by atoms with Crippen molar-refractivity contribution in [1.29, 1.82) is 0 Å². The molecule has 0 aliphatic rings. The fourth-order valence-corrected chi connectivity index (χ4v) is 1.24. The third-order valence-electron chi connectivity index (χ3n) is 2.34. The number of carboxylic acids is 1. The molecule has 0 aliphatic carbocycles. The number of phenols is 1. The number of methoxy groups -OCH3 is 2. The average Bonchev–Trinajstić information content (AvgIpc) is 2.53. The van der Waals surface area contributed by atoms with E-state index in [-0.39, 0.29) is 30.5 Å². The van der Waals surface area contributed by atoms with E-state index in [1.807, 2.05) is 0 Å². The van der Waals surface area contributed by atoms with Crippen LogP contribution < -0.4 is 9.47 Å². The van der Waals surface area contributed by atoms with Gasteiger partial charge in [0.05, 0.1) is 27.4 Å². The van der Waals surface area contributed by atoms with E-state index < -0.39 is 12.1 Å². The number of aliphatic carboxylic acids is 1. The van der Waals surface area contributed by atoms with Crippen LogP contribution in [-0.4, -0.2) is 65.0 Å². The smallest absolute Gasteiger partial charge is 0.328 e. The molecule has 0 atom stereocenters. The van der Waals surface area contributed by atoms with Crippen LogP contribution in [-0.2, 0) is 4.79 Å². The fraction of sp³-hybridized carbons (Fsp3) is 0.357. The second kappa shape index (κ2) is 10.4. The first-order chi connectivity index (χ1) is 10.4. The van der Waals surface area contributed by atoms with Crippen LogP contribution in [0.4, 0.5) is 0 Å². The number of ether oxygens (including phenoxy) is 2. The molecule has 8 heteroatoms. The summed E-state index contributed by atoms with van der Waals surface area (Å²) in [5.74, 6) is -0.711. The Hall–Kier alpha value is -2.29. The normalized spacial score (nSPS) is 10.3. The predicted molar refractivity (Wildman–Crippen MR) is 78.1 cm³/mol. The lowest BCUT2D eigenvalue weighted by Crippen LogP contribution is -2.15. The summed E-state index contributed by atoms with van der Waals surface area (Å²) in [6.45, 7) is -0.729. The summed E-state index contributed by atoms with van der Waals surface area (Å²) in [7, 11) is 2.80. The van der Waals surface area contributed by atoms with Gasteiger partial charge in [-0.2, -0.15) is 0 Å². The Bertz CT molecular complexity index is 469. The predicted octanol–water partition coefficient (Wildman–Crippen LogP) is -0.161. The standard InChI is InChI=1S/C11H12O5.C3H8O3/c1-15-8-5-7(3-4-10(12)13)6-9(16-2)11(8)14;4-1-3(6)2-5/h3-6,14H,1-2H3,(H,12,13);3-6H,1-2H2/b4-3+;. The third kappa shape index (κ3) is 6.93. The lowest BCUT2D eigenvalue weighted by Gasteiger charge is -2.09. The quantitative estimate of drug-likeness (QED) is 0.457. The zero-order chi connectivity index (χ0) is 17.1. The van der Waals surface area contributed by atoms with Gasteiger partial charge in [0, 0.05) is 6.08 Å². The summed E-state index contributed by atoms with van der Waals surface area (Å²) in [4.78, 5) is 10.3. The van der Waals surface area contributed by atoms with Crippen LogP contribution >= 0.6 is 0 Å². The molecule has 0 saturated heterocycles. The lowest BCUT2D eigenvalue weighted by molar-refractivity contribution is -0.131. The number of carboxylic acid groups (broad SMARTS) is 1. The Balaban J connectivity index is 0.000000626. The highest BCUT2D eigenvalue weighted by molar-refractivity contribution is 5.85. The van der Waals surface area contributed by atoms with Crippen molar-refractivity contribution in [3.8, 4) is 17.2 Å². The number of rotatable bonds is 6. The van der Waals surface area contributed by atoms with Crippen molar-refractivity contribution in [3.05, 3.63) is 23.8 Å². The first-order valence-electron chi connectivity index (χ1n) is 6.15. The molecule has 0 heterocycles. The van der Waals surface area contributed by atoms with E-state index in [9.17, 15) is 9.90 Å². The topological polar surface area (TPSA) is 137 Å². The van der Waals surface area contributed by atoms with Crippen LogP contribution in [0.1, 0.15) is 5.56 Å². The molecule has 1 aromatic carbocycles. The van der Waals surface area contributed by atoms with Crippen LogP contribution in [0.3, 0.4) is 0 Å². The molecule has 0 amide bonds. The van der Waals surface area contributed by atoms with Gasteiger partial charge in [-0.25, -0.2) is 4.79 Å². The van der Waals surface area contributed by atoms with E-state index in [0.717, 1.165) is 6.08 Å². The van der Waals surface area contributed by atoms with Gasteiger partial charge >= 0.3 is 5.97 Å². The number of benzene rings is 1. The van der Waals surface area contributed by atoms with Crippen LogP contribution in [0.5, 0.6) is 17.2 Å². The van der Waals surface area contributed by atoms with E-state index in [2.05, 4.69) is 0 Å². The fourth-order valence-electron chi connectivity index (χ4n) is 1.24. The molecule has 1 rings (SSSR count). The zero-order valence-corrected chi connectivity index (χ0v) is 12.3. The number of hydrogen-bond acceptors (Lipinski definition) is 7. The van der Waals surface area contributed by atoms with Crippen molar-refractivity contribution < 1.29 is 39.8 Å². The molecule has 5 N–H and O–H groups in total. The van der Waals surface area contributed by atoms with Gasteiger partial charge in [0.25, 0.3) is 0 Å². The molecule has 0 fully saturated rings. The first-order valence-corrected chi connectivity index (χ1v) is 6.15. The molecule has 8 nitrogen and oxygen atoms in total. The number of phenolic OH excluding ortho intramolecular Hbond substituents is 1. The van der Waals surface area contributed by atoms with Crippen molar-refractivity contribution in [2.45, 2.75) is 6.10 Å². The average molecular weight is 316 g/mol. The Labute approximate surface area is 127 Å². The minimum atomic E-state index is -1.05. The van der Waals surface area contributed by atoms with E-state index in [1.54, 1.807) is 0 Å².